The first-order valence-corrected chi connectivity index (χ1v) is 6.21. The standard InChI is InChI=1S/C11H10ClN3OS/c1-7-15-8(6-17-7)4-14-11(16)9-2-3-13-5-10(9)12/h2-3,5-6H,4H2,1H3,(H,14,16). The normalized spacial score (nSPS) is 10.2. The van der Waals surface area contributed by atoms with Crippen LogP contribution >= 0.6 is 22.9 Å². The van der Waals surface area contributed by atoms with Gasteiger partial charge in [0.1, 0.15) is 0 Å². The van der Waals surface area contributed by atoms with Crippen LogP contribution in [0.5, 0.6) is 0 Å². The monoisotopic (exact) mass is 267 g/mol. The number of aryl methyl sites for hydroxylation is 1. The van der Waals surface area contributed by atoms with E-state index in [-0.39, 0.29) is 5.91 Å². The largest absolute Gasteiger partial charge is 0.346 e. The van der Waals surface area contributed by atoms with E-state index in [2.05, 4.69) is 15.3 Å². The van der Waals surface area contributed by atoms with Gasteiger partial charge in [-0.25, -0.2) is 4.98 Å². The molecule has 0 fully saturated rings. The summed E-state index contributed by atoms with van der Waals surface area (Å²) in [6, 6.07) is 1.59. The average molecular weight is 268 g/mol. The van der Waals surface area contributed by atoms with Gasteiger partial charge in [-0.15, -0.1) is 11.3 Å². The molecule has 2 heterocycles. The maximum atomic E-state index is 11.8. The fourth-order valence-electron chi connectivity index (χ4n) is 1.31. The van der Waals surface area contributed by atoms with E-state index in [0.717, 1.165) is 10.7 Å². The van der Waals surface area contributed by atoms with Crippen molar-refractivity contribution in [3.8, 4) is 0 Å². The van der Waals surface area contributed by atoms with Gasteiger partial charge < -0.3 is 5.32 Å². The topological polar surface area (TPSA) is 54.9 Å². The third kappa shape index (κ3) is 3.01. The second-order valence-electron chi connectivity index (χ2n) is 3.40. The quantitative estimate of drug-likeness (QED) is 0.929. The molecule has 0 saturated carbocycles. The maximum absolute atomic E-state index is 11.8. The molecular formula is C11H10ClN3OS. The van der Waals surface area contributed by atoms with E-state index < -0.39 is 0 Å². The van der Waals surface area contributed by atoms with E-state index >= 15 is 0 Å². The van der Waals surface area contributed by atoms with E-state index in [1.807, 2.05) is 12.3 Å². The van der Waals surface area contributed by atoms with Gasteiger partial charge in [-0.2, -0.15) is 0 Å². The second kappa shape index (κ2) is 5.25. The number of carbonyl (C=O) groups excluding carboxylic acids is 1. The van der Waals surface area contributed by atoms with Gasteiger partial charge in [0, 0.05) is 17.8 Å². The summed E-state index contributed by atoms with van der Waals surface area (Å²) in [6.07, 6.45) is 2.98. The molecule has 4 nitrogen and oxygen atoms in total. The average Bonchev–Trinajstić information content (AvgIpc) is 2.73. The van der Waals surface area contributed by atoms with Crippen LogP contribution in [0.2, 0.25) is 5.02 Å². The molecule has 0 bridgehead atoms. The van der Waals surface area contributed by atoms with Crippen molar-refractivity contribution in [1.29, 1.82) is 0 Å². The number of rotatable bonds is 3. The minimum absolute atomic E-state index is 0.219. The zero-order valence-electron chi connectivity index (χ0n) is 9.11. The Hall–Kier alpha value is -1.46. The van der Waals surface area contributed by atoms with Crippen LogP contribution in [0.15, 0.2) is 23.8 Å². The van der Waals surface area contributed by atoms with Crippen molar-refractivity contribution >= 4 is 28.8 Å². The van der Waals surface area contributed by atoms with Crippen LogP contribution in [-0.4, -0.2) is 15.9 Å². The minimum Gasteiger partial charge on any atom is -0.346 e. The Morgan fingerprint density at radius 2 is 2.41 bits per heavy atom. The zero-order valence-corrected chi connectivity index (χ0v) is 10.7. The number of amides is 1. The van der Waals surface area contributed by atoms with Gasteiger partial charge in [0.2, 0.25) is 0 Å². The first kappa shape index (κ1) is 12.0. The Kier molecular flexibility index (Phi) is 3.71. The molecule has 1 amide bonds. The molecule has 0 saturated heterocycles. The van der Waals surface area contributed by atoms with Gasteiger partial charge in [-0.05, 0) is 13.0 Å². The van der Waals surface area contributed by atoms with Gasteiger partial charge >= 0.3 is 0 Å². The highest BCUT2D eigenvalue weighted by molar-refractivity contribution is 7.09. The molecule has 2 aromatic rings. The predicted octanol–water partition coefficient (Wildman–Crippen LogP) is 2.43. The molecule has 1 N–H and O–H groups in total. The lowest BCUT2D eigenvalue weighted by Crippen LogP contribution is -2.23. The van der Waals surface area contributed by atoms with Gasteiger partial charge in [-0.1, -0.05) is 11.6 Å². The summed E-state index contributed by atoms with van der Waals surface area (Å²) >= 11 is 7.42. The Bertz CT molecular complexity index is 541. The molecule has 17 heavy (non-hydrogen) atoms. The second-order valence-corrected chi connectivity index (χ2v) is 4.87. The first-order chi connectivity index (χ1) is 8.16. The van der Waals surface area contributed by atoms with E-state index in [1.54, 1.807) is 17.4 Å². The van der Waals surface area contributed by atoms with Gasteiger partial charge in [-0.3, -0.25) is 9.78 Å². The summed E-state index contributed by atoms with van der Waals surface area (Å²) in [5.41, 5.74) is 1.28. The van der Waals surface area contributed by atoms with Crippen LogP contribution in [-0.2, 0) is 6.54 Å². The maximum Gasteiger partial charge on any atom is 0.253 e. The van der Waals surface area contributed by atoms with Crippen molar-refractivity contribution in [2.24, 2.45) is 0 Å². The predicted molar refractivity (Wildman–Crippen MR) is 67.3 cm³/mol. The molecule has 0 aromatic carbocycles. The molecule has 0 radical (unpaired) electrons. The lowest BCUT2D eigenvalue weighted by atomic mass is 10.2. The summed E-state index contributed by atoms with van der Waals surface area (Å²) < 4.78 is 0. The van der Waals surface area contributed by atoms with Crippen LogP contribution in [0.3, 0.4) is 0 Å². The van der Waals surface area contributed by atoms with Crippen molar-refractivity contribution in [1.82, 2.24) is 15.3 Å². The number of thiazole rings is 1. The van der Waals surface area contributed by atoms with E-state index in [1.165, 1.54) is 12.4 Å². The molecule has 0 unspecified atom stereocenters. The Balaban J connectivity index is 2.01. The first-order valence-electron chi connectivity index (χ1n) is 4.95. The van der Waals surface area contributed by atoms with E-state index in [4.69, 9.17) is 11.6 Å². The van der Waals surface area contributed by atoms with Crippen molar-refractivity contribution < 1.29 is 4.79 Å². The van der Waals surface area contributed by atoms with Crippen LogP contribution < -0.4 is 5.32 Å². The van der Waals surface area contributed by atoms with Crippen LogP contribution in [0.4, 0.5) is 0 Å². The molecule has 2 rings (SSSR count). The number of carbonyl (C=O) groups is 1. The third-order valence-corrected chi connectivity index (χ3v) is 3.24. The summed E-state index contributed by atoms with van der Waals surface area (Å²) in [5, 5.41) is 6.01. The molecule has 0 aliphatic heterocycles. The summed E-state index contributed by atoms with van der Waals surface area (Å²) in [5.74, 6) is -0.219. The van der Waals surface area contributed by atoms with E-state index in [9.17, 15) is 4.79 Å². The lowest BCUT2D eigenvalue weighted by Gasteiger charge is -2.04. The van der Waals surface area contributed by atoms with Gasteiger partial charge in [0.15, 0.2) is 0 Å². The van der Waals surface area contributed by atoms with Gasteiger partial charge in [0.25, 0.3) is 5.91 Å². The molecule has 0 atom stereocenters. The van der Waals surface area contributed by atoms with Gasteiger partial charge in [0.05, 0.1) is 27.8 Å². The van der Waals surface area contributed by atoms with Crippen LogP contribution in [0.1, 0.15) is 21.1 Å². The minimum atomic E-state index is -0.219. The van der Waals surface area contributed by atoms with Crippen molar-refractivity contribution in [3.63, 3.8) is 0 Å². The number of halogens is 1. The fraction of sp³-hybridized carbons (Fsp3) is 0.182. The number of nitrogens with zero attached hydrogens (tertiary/aromatic N) is 2. The number of hydrogen-bond donors (Lipinski definition) is 1. The lowest BCUT2D eigenvalue weighted by molar-refractivity contribution is 0.0950. The summed E-state index contributed by atoms with van der Waals surface area (Å²) in [4.78, 5) is 19.9. The molecule has 6 heteroatoms. The highest BCUT2D eigenvalue weighted by Gasteiger charge is 2.09. The smallest absolute Gasteiger partial charge is 0.253 e. The number of aromatic nitrogens is 2. The Morgan fingerprint density at radius 3 is 3.06 bits per heavy atom. The van der Waals surface area contributed by atoms with Crippen LogP contribution in [0, 0.1) is 6.92 Å². The molecular weight excluding hydrogens is 258 g/mol. The number of nitrogens with one attached hydrogen (secondary N) is 1. The summed E-state index contributed by atoms with van der Waals surface area (Å²) in [6.45, 7) is 2.33. The van der Waals surface area contributed by atoms with Crippen LogP contribution in [0.25, 0.3) is 0 Å². The third-order valence-electron chi connectivity index (χ3n) is 2.11. The highest BCUT2D eigenvalue weighted by atomic mass is 35.5. The SMILES string of the molecule is Cc1nc(CNC(=O)c2ccncc2Cl)cs1. The molecule has 2 aromatic heterocycles. The fourth-order valence-corrected chi connectivity index (χ4v) is 2.13. The molecule has 88 valence electrons. The zero-order chi connectivity index (χ0) is 12.3. The molecule has 0 spiro atoms. The highest BCUT2D eigenvalue weighted by Crippen LogP contribution is 2.13. The van der Waals surface area contributed by atoms with E-state index in [0.29, 0.717) is 17.1 Å². The molecule has 0 aliphatic carbocycles. The number of hydrogen-bond acceptors (Lipinski definition) is 4. The Labute approximate surface area is 108 Å². The Morgan fingerprint density at radius 1 is 1.59 bits per heavy atom. The molecule has 0 aliphatic rings. The van der Waals surface area contributed by atoms with Crippen molar-refractivity contribution in [2.75, 3.05) is 0 Å². The van der Waals surface area contributed by atoms with Crippen molar-refractivity contribution in [2.45, 2.75) is 13.5 Å². The van der Waals surface area contributed by atoms with Crippen molar-refractivity contribution in [3.05, 3.63) is 45.1 Å². The number of pyridine rings is 1. The summed E-state index contributed by atoms with van der Waals surface area (Å²) in [7, 11) is 0.